The molecule has 0 aliphatic carbocycles. The van der Waals surface area contributed by atoms with Crippen molar-refractivity contribution in [2.75, 3.05) is 7.11 Å². The number of aryl methyl sites for hydroxylation is 1. The average molecular weight is 446 g/mol. The van der Waals surface area contributed by atoms with Gasteiger partial charge in [0.25, 0.3) is 11.2 Å². The Kier molecular flexibility index (Phi) is 4.41. The van der Waals surface area contributed by atoms with E-state index in [2.05, 4.69) is 4.98 Å². The number of hydrogen-bond donors (Lipinski definition) is 0. The maximum atomic E-state index is 13.0. The highest BCUT2D eigenvalue weighted by Crippen LogP contribution is 2.31. The number of nitrogens with zero attached hydrogens (tertiary/aromatic N) is 6. The number of aromatic nitrogens is 5. The summed E-state index contributed by atoms with van der Waals surface area (Å²) in [7, 11) is 4.54. The van der Waals surface area contributed by atoms with Crippen molar-refractivity contribution in [2.45, 2.75) is 0 Å². The summed E-state index contributed by atoms with van der Waals surface area (Å²) in [5.41, 5.74) is 1.56. The molecule has 5 aromatic rings. The van der Waals surface area contributed by atoms with Crippen LogP contribution in [0.3, 0.4) is 0 Å². The second-order valence-electron chi connectivity index (χ2n) is 7.51. The van der Waals surface area contributed by atoms with Crippen molar-refractivity contribution in [1.82, 2.24) is 23.1 Å². The van der Waals surface area contributed by atoms with Crippen molar-refractivity contribution >= 4 is 22.6 Å². The zero-order valence-corrected chi connectivity index (χ0v) is 17.9. The van der Waals surface area contributed by atoms with Crippen molar-refractivity contribution in [3.8, 4) is 22.7 Å². The van der Waals surface area contributed by atoms with Gasteiger partial charge in [-0.3, -0.25) is 33.0 Å². The Hall–Kier alpha value is -4.67. The number of fused-ring (bicyclic) bond motifs is 3. The maximum Gasteiger partial charge on any atom is 0.332 e. The van der Waals surface area contributed by atoms with Crippen LogP contribution >= 0.6 is 0 Å². The largest absolute Gasteiger partial charge is 0.497 e. The van der Waals surface area contributed by atoms with E-state index in [1.807, 2.05) is 22.8 Å². The van der Waals surface area contributed by atoms with Gasteiger partial charge in [-0.05, 0) is 24.3 Å². The first-order valence-electron chi connectivity index (χ1n) is 9.90. The number of nitro benzene ring substituents is 1. The SMILES string of the molecule is COc1cccc(-n2c(-c3ccc([N+](=O)[O-])cc3)cn3c4c(=O)n(C)c(=O)n(C)c4nc23)c1. The van der Waals surface area contributed by atoms with E-state index >= 15 is 0 Å². The summed E-state index contributed by atoms with van der Waals surface area (Å²) in [5.74, 6) is 1.03. The second-order valence-corrected chi connectivity index (χ2v) is 7.51. The predicted octanol–water partition coefficient (Wildman–Crippen LogP) is 2.26. The molecule has 3 aromatic heterocycles. The number of imidazole rings is 2. The number of benzene rings is 2. The zero-order chi connectivity index (χ0) is 23.4. The van der Waals surface area contributed by atoms with Crippen molar-refractivity contribution in [1.29, 1.82) is 0 Å². The molecular weight excluding hydrogens is 428 g/mol. The van der Waals surface area contributed by atoms with Crippen LogP contribution in [-0.4, -0.2) is 35.1 Å². The Labute approximate surface area is 185 Å². The van der Waals surface area contributed by atoms with Gasteiger partial charge >= 0.3 is 5.69 Å². The van der Waals surface area contributed by atoms with E-state index < -0.39 is 16.2 Å². The molecule has 0 aliphatic rings. The molecule has 0 spiro atoms. The summed E-state index contributed by atoms with van der Waals surface area (Å²) in [6.07, 6.45) is 1.73. The lowest BCUT2D eigenvalue weighted by Crippen LogP contribution is -2.37. The van der Waals surface area contributed by atoms with Crippen molar-refractivity contribution in [3.05, 3.63) is 85.7 Å². The summed E-state index contributed by atoms with van der Waals surface area (Å²) < 4.78 is 11.2. The molecule has 2 aromatic carbocycles. The Morgan fingerprint density at radius 2 is 1.76 bits per heavy atom. The van der Waals surface area contributed by atoms with E-state index in [-0.39, 0.29) is 16.9 Å². The second kappa shape index (κ2) is 7.19. The lowest BCUT2D eigenvalue weighted by Gasteiger charge is -2.10. The third kappa shape index (κ3) is 2.93. The predicted molar refractivity (Wildman–Crippen MR) is 121 cm³/mol. The minimum atomic E-state index is -0.475. The molecule has 0 N–H and O–H groups in total. The first kappa shape index (κ1) is 20.2. The molecule has 11 heteroatoms. The van der Waals surface area contributed by atoms with Crippen LogP contribution in [-0.2, 0) is 14.1 Å². The molecule has 0 saturated heterocycles. The minimum absolute atomic E-state index is 0.0302. The zero-order valence-electron chi connectivity index (χ0n) is 17.9. The molecule has 0 radical (unpaired) electrons. The first-order valence-corrected chi connectivity index (χ1v) is 9.90. The van der Waals surface area contributed by atoms with Gasteiger partial charge < -0.3 is 4.74 Å². The summed E-state index contributed by atoms with van der Waals surface area (Å²) in [5, 5.41) is 11.1. The van der Waals surface area contributed by atoms with Crippen LogP contribution in [0.2, 0.25) is 0 Å². The number of hydrogen-bond acceptors (Lipinski definition) is 6. The molecule has 33 heavy (non-hydrogen) atoms. The third-order valence-electron chi connectivity index (χ3n) is 5.65. The molecule has 0 aliphatic heterocycles. The van der Waals surface area contributed by atoms with Gasteiger partial charge in [0, 0.05) is 44.1 Å². The average Bonchev–Trinajstić information content (AvgIpc) is 3.38. The molecule has 166 valence electrons. The van der Waals surface area contributed by atoms with Gasteiger partial charge in [0.15, 0.2) is 11.2 Å². The van der Waals surface area contributed by atoms with E-state index in [0.29, 0.717) is 28.5 Å². The molecule has 11 nitrogen and oxygen atoms in total. The van der Waals surface area contributed by atoms with Gasteiger partial charge in [-0.15, -0.1) is 0 Å². The highest BCUT2D eigenvalue weighted by molar-refractivity contribution is 5.79. The van der Waals surface area contributed by atoms with Gasteiger partial charge in [-0.25, -0.2) is 4.79 Å². The quantitative estimate of drug-likeness (QED) is 0.309. The van der Waals surface area contributed by atoms with Crippen LogP contribution in [0.5, 0.6) is 5.75 Å². The number of ether oxygens (including phenoxy) is 1. The Balaban J connectivity index is 1.91. The van der Waals surface area contributed by atoms with Gasteiger partial charge in [0.1, 0.15) is 5.75 Å². The highest BCUT2D eigenvalue weighted by atomic mass is 16.6. The van der Waals surface area contributed by atoms with E-state index in [0.717, 1.165) is 4.57 Å². The highest BCUT2D eigenvalue weighted by Gasteiger charge is 2.22. The van der Waals surface area contributed by atoms with E-state index in [4.69, 9.17) is 4.74 Å². The maximum absolute atomic E-state index is 13.0. The van der Waals surface area contributed by atoms with Crippen molar-refractivity contribution in [2.24, 2.45) is 14.1 Å². The fourth-order valence-corrected chi connectivity index (χ4v) is 3.93. The molecule has 0 amide bonds. The van der Waals surface area contributed by atoms with Crippen molar-refractivity contribution in [3.63, 3.8) is 0 Å². The Morgan fingerprint density at radius 1 is 1.03 bits per heavy atom. The fourth-order valence-electron chi connectivity index (χ4n) is 3.93. The van der Waals surface area contributed by atoms with Gasteiger partial charge in [-0.1, -0.05) is 6.07 Å². The standard InChI is InChI=1S/C22H18N6O5/c1-24-19-18(20(29)25(2)22(24)30)26-12-17(13-7-9-14(10-8-13)28(31)32)27(21(26)23-19)15-5-4-6-16(11-15)33-3/h4-12H,1-3H3. The van der Waals surface area contributed by atoms with E-state index in [1.165, 1.54) is 23.7 Å². The van der Waals surface area contributed by atoms with Crippen LogP contribution in [0.15, 0.2) is 64.3 Å². The first-order chi connectivity index (χ1) is 15.8. The van der Waals surface area contributed by atoms with Crippen LogP contribution in [0.4, 0.5) is 5.69 Å². The smallest absolute Gasteiger partial charge is 0.332 e. The van der Waals surface area contributed by atoms with Gasteiger partial charge in [-0.2, -0.15) is 4.98 Å². The monoisotopic (exact) mass is 446 g/mol. The summed E-state index contributed by atoms with van der Waals surface area (Å²) >= 11 is 0. The fraction of sp³-hybridized carbons (Fsp3) is 0.136. The molecule has 0 saturated carbocycles. The Bertz CT molecular complexity index is 1690. The molecule has 0 unspecified atom stereocenters. The number of non-ortho nitro benzene ring substituents is 1. The number of methoxy groups -OCH3 is 1. The molecule has 0 atom stereocenters. The molecule has 0 fully saturated rings. The minimum Gasteiger partial charge on any atom is -0.497 e. The Morgan fingerprint density at radius 3 is 2.42 bits per heavy atom. The van der Waals surface area contributed by atoms with Gasteiger partial charge in [0.05, 0.1) is 23.4 Å². The summed E-state index contributed by atoms with van der Waals surface area (Å²) in [6, 6.07) is 13.4. The summed E-state index contributed by atoms with van der Waals surface area (Å²) in [6.45, 7) is 0. The number of nitro groups is 1. The topological polar surface area (TPSA) is 119 Å². The lowest BCUT2D eigenvalue weighted by molar-refractivity contribution is -0.384. The third-order valence-corrected chi connectivity index (χ3v) is 5.65. The molecule has 3 heterocycles. The van der Waals surface area contributed by atoms with Crippen LogP contribution in [0.1, 0.15) is 0 Å². The van der Waals surface area contributed by atoms with Crippen LogP contribution < -0.4 is 16.0 Å². The lowest BCUT2D eigenvalue weighted by atomic mass is 10.1. The van der Waals surface area contributed by atoms with Crippen LogP contribution in [0, 0.1) is 10.1 Å². The molecular formula is C22H18N6O5. The van der Waals surface area contributed by atoms with Crippen LogP contribution in [0.25, 0.3) is 33.9 Å². The van der Waals surface area contributed by atoms with E-state index in [9.17, 15) is 19.7 Å². The normalized spacial score (nSPS) is 11.4. The molecule has 0 bridgehead atoms. The number of rotatable bonds is 4. The van der Waals surface area contributed by atoms with E-state index in [1.54, 1.807) is 43.0 Å². The summed E-state index contributed by atoms with van der Waals surface area (Å²) in [4.78, 5) is 40.6. The van der Waals surface area contributed by atoms with Crippen molar-refractivity contribution < 1.29 is 9.66 Å². The molecule has 5 rings (SSSR count). The van der Waals surface area contributed by atoms with Gasteiger partial charge in [0.2, 0.25) is 5.78 Å².